The van der Waals surface area contributed by atoms with Crippen LogP contribution >= 0.6 is 0 Å². The first-order valence-corrected chi connectivity index (χ1v) is 6.08. The Labute approximate surface area is 104 Å². The van der Waals surface area contributed by atoms with Gasteiger partial charge in [-0.3, -0.25) is 4.90 Å². The molecule has 1 rings (SSSR count). The van der Waals surface area contributed by atoms with E-state index >= 15 is 0 Å². The highest BCUT2D eigenvalue weighted by Gasteiger charge is 2.06. The maximum Gasteiger partial charge on any atom is 0.122 e. The van der Waals surface area contributed by atoms with E-state index < -0.39 is 0 Å². The third-order valence-corrected chi connectivity index (χ3v) is 2.69. The van der Waals surface area contributed by atoms with Gasteiger partial charge in [-0.15, -0.1) is 0 Å². The highest BCUT2D eigenvalue weighted by Crippen LogP contribution is 2.22. The number of ether oxygens (including phenoxy) is 1. The number of hydrogen-bond donors (Lipinski definition) is 1. The van der Waals surface area contributed by atoms with Crippen molar-refractivity contribution in [1.29, 1.82) is 0 Å². The molecule has 0 amide bonds. The molecule has 96 valence electrons. The van der Waals surface area contributed by atoms with Crippen molar-refractivity contribution in [1.82, 2.24) is 4.90 Å². The van der Waals surface area contributed by atoms with Crippen molar-refractivity contribution in [2.24, 2.45) is 0 Å². The minimum Gasteiger partial charge on any atom is -0.507 e. The van der Waals surface area contributed by atoms with Crippen LogP contribution in [0.5, 0.6) is 5.75 Å². The summed E-state index contributed by atoms with van der Waals surface area (Å²) >= 11 is 0. The Morgan fingerprint density at radius 2 is 2.06 bits per heavy atom. The lowest BCUT2D eigenvalue weighted by Crippen LogP contribution is -2.24. The fourth-order valence-electron chi connectivity index (χ4n) is 1.66. The second kappa shape index (κ2) is 6.62. The second-order valence-corrected chi connectivity index (χ2v) is 4.74. The molecule has 17 heavy (non-hydrogen) atoms. The third-order valence-electron chi connectivity index (χ3n) is 2.69. The lowest BCUT2D eigenvalue weighted by molar-refractivity contribution is 0.0626. The summed E-state index contributed by atoms with van der Waals surface area (Å²) in [5, 5.41) is 9.90. The minimum atomic E-state index is 0.274. The maximum absolute atomic E-state index is 9.90. The first-order chi connectivity index (χ1) is 8.00. The van der Waals surface area contributed by atoms with Gasteiger partial charge in [0.05, 0.1) is 12.7 Å². The van der Waals surface area contributed by atoms with Gasteiger partial charge in [0.1, 0.15) is 5.75 Å². The van der Waals surface area contributed by atoms with Gasteiger partial charge < -0.3 is 9.84 Å². The number of para-hydroxylation sites is 1. The predicted octanol–water partition coefficient (Wildman–Crippen LogP) is 2.56. The average molecular weight is 237 g/mol. The quantitative estimate of drug-likeness (QED) is 0.825. The van der Waals surface area contributed by atoms with E-state index in [1.165, 1.54) is 0 Å². The number of aryl methyl sites for hydroxylation is 1. The zero-order chi connectivity index (χ0) is 12.8. The standard InChI is InChI=1S/C14H23NO2/c1-11(2)17-9-8-15(4)10-13-7-5-6-12(3)14(13)16/h5-7,11,16H,8-10H2,1-4H3. The molecule has 1 aromatic carbocycles. The van der Waals surface area contributed by atoms with Crippen LogP contribution in [-0.4, -0.2) is 36.3 Å². The van der Waals surface area contributed by atoms with Crippen LogP contribution in [0, 0.1) is 6.92 Å². The van der Waals surface area contributed by atoms with Gasteiger partial charge in [0.2, 0.25) is 0 Å². The van der Waals surface area contributed by atoms with Crippen LogP contribution in [0.2, 0.25) is 0 Å². The molecule has 0 saturated carbocycles. The zero-order valence-electron chi connectivity index (χ0n) is 11.2. The lowest BCUT2D eigenvalue weighted by Gasteiger charge is -2.18. The van der Waals surface area contributed by atoms with Crippen LogP contribution in [0.4, 0.5) is 0 Å². The van der Waals surface area contributed by atoms with E-state index in [9.17, 15) is 5.11 Å². The molecule has 0 fully saturated rings. The van der Waals surface area contributed by atoms with Gasteiger partial charge in [-0.05, 0) is 33.4 Å². The van der Waals surface area contributed by atoms with Gasteiger partial charge in [0, 0.05) is 18.7 Å². The minimum absolute atomic E-state index is 0.274. The molecule has 0 unspecified atom stereocenters. The van der Waals surface area contributed by atoms with E-state index in [4.69, 9.17) is 4.74 Å². The van der Waals surface area contributed by atoms with Crippen molar-refractivity contribution >= 4 is 0 Å². The first kappa shape index (κ1) is 14.0. The zero-order valence-corrected chi connectivity index (χ0v) is 11.2. The Balaban J connectivity index is 2.45. The molecule has 0 bridgehead atoms. The Bertz CT molecular complexity index is 350. The molecule has 0 spiro atoms. The second-order valence-electron chi connectivity index (χ2n) is 4.74. The van der Waals surface area contributed by atoms with Gasteiger partial charge in [-0.25, -0.2) is 0 Å². The SMILES string of the molecule is Cc1cccc(CN(C)CCOC(C)C)c1O. The Hall–Kier alpha value is -1.06. The molecule has 0 radical (unpaired) electrons. The van der Waals surface area contributed by atoms with E-state index in [1.807, 2.05) is 46.0 Å². The Morgan fingerprint density at radius 1 is 1.35 bits per heavy atom. The van der Waals surface area contributed by atoms with Crippen LogP contribution in [-0.2, 0) is 11.3 Å². The third kappa shape index (κ3) is 4.75. The molecule has 0 aliphatic heterocycles. The molecule has 0 atom stereocenters. The molecule has 3 nitrogen and oxygen atoms in total. The van der Waals surface area contributed by atoms with Gasteiger partial charge in [-0.2, -0.15) is 0 Å². The molecule has 0 aliphatic rings. The van der Waals surface area contributed by atoms with Crippen molar-refractivity contribution in [3.63, 3.8) is 0 Å². The lowest BCUT2D eigenvalue weighted by atomic mass is 10.1. The summed E-state index contributed by atoms with van der Waals surface area (Å²) in [6.45, 7) is 8.32. The van der Waals surface area contributed by atoms with Crippen molar-refractivity contribution in [2.75, 3.05) is 20.2 Å². The van der Waals surface area contributed by atoms with Crippen molar-refractivity contribution in [3.05, 3.63) is 29.3 Å². The van der Waals surface area contributed by atoms with Gasteiger partial charge in [-0.1, -0.05) is 18.2 Å². The number of phenols is 1. The molecule has 3 heteroatoms. The molecular weight excluding hydrogens is 214 g/mol. The van der Waals surface area contributed by atoms with E-state index in [2.05, 4.69) is 4.90 Å². The normalized spacial score (nSPS) is 11.4. The van der Waals surface area contributed by atoms with Crippen LogP contribution < -0.4 is 0 Å². The summed E-state index contributed by atoms with van der Waals surface area (Å²) in [6, 6.07) is 5.85. The monoisotopic (exact) mass is 237 g/mol. The van der Waals surface area contributed by atoms with E-state index in [0.29, 0.717) is 5.75 Å². The molecule has 1 N–H and O–H groups in total. The van der Waals surface area contributed by atoms with E-state index in [0.717, 1.165) is 30.8 Å². The summed E-state index contributed by atoms with van der Waals surface area (Å²) in [5.74, 6) is 0.407. The van der Waals surface area contributed by atoms with Gasteiger partial charge in [0.15, 0.2) is 0 Å². The van der Waals surface area contributed by atoms with E-state index in [-0.39, 0.29) is 6.10 Å². The van der Waals surface area contributed by atoms with Crippen LogP contribution in [0.1, 0.15) is 25.0 Å². The summed E-state index contributed by atoms with van der Waals surface area (Å²) in [6.07, 6.45) is 0.274. The molecule has 0 heterocycles. The summed E-state index contributed by atoms with van der Waals surface area (Å²) < 4.78 is 5.50. The number of rotatable bonds is 6. The molecular formula is C14H23NO2. The molecule has 0 aromatic heterocycles. The van der Waals surface area contributed by atoms with Crippen molar-refractivity contribution < 1.29 is 9.84 Å². The number of aromatic hydroxyl groups is 1. The highest BCUT2D eigenvalue weighted by atomic mass is 16.5. The van der Waals surface area contributed by atoms with Crippen molar-refractivity contribution in [3.8, 4) is 5.75 Å². The van der Waals surface area contributed by atoms with Crippen molar-refractivity contribution in [2.45, 2.75) is 33.4 Å². The van der Waals surface area contributed by atoms with Crippen LogP contribution in [0.25, 0.3) is 0 Å². The smallest absolute Gasteiger partial charge is 0.122 e. The van der Waals surface area contributed by atoms with Gasteiger partial charge in [0.25, 0.3) is 0 Å². The van der Waals surface area contributed by atoms with Crippen LogP contribution in [0.15, 0.2) is 18.2 Å². The largest absolute Gasteiger partial charge is 0.507 e. The summed E-state index contributed by atoms with van der Waals surface area (Å²) in [5.41, 5.74) is 1.89. The molecule has 0 aliphatic carbocycles. The van der Waals surface area contributed by atoms with Crippen LogP contribution in [0.3, 0.4) is 0 Å². The molecule has 1 aromatic rings. The fourth-order valence-corrected chi connectivity index (χ4v) is 1.66. The number of benzene rings is 1. The average Bonchev–Trinajstić information content (AvgIpc) is 2.24. The predicted molar refractivity (Wildman–Crippen MR) is 70.3 cm³/mol. The number of likely N-dealkylation sites (N-methyl/N-ethyl adjacent to an activating group) is 1. The number of hydrogen-bond acceptors (Lipinski definition) is 3. The topological polar surface area (TPSA) is 32.7 Å². The maximum atomic E-state index is 9.90. The Morgan fingerprint density at radius 3 is 2.71 bits per heavy atom. The van der Waals surface area contributed by atoms with E-state index in [1.54, 1.807) is 0 Å². The van der Waals surface area contributed by atoms with Gasteiger partial charge >= 0.3 is 0 Å². The summed E-state index contributed by atoms with van der Waals surface area (Å²) in [7, 11) is 2.03. The first-order valence-electron chi connectivity index (χ1n) is 6.08. The summed E-state index contributed by atoms with van der Waals surface area (Å²) in [4.78, 5) is 2.15. The number of nitrogens with zero attached hydrogens (tertiary/aromatic N) is 1. The fraction of sp³-hybridized carbons (Fsp3) is 0.571. The Kier molecular flexibility index (Phi) is 5.45. The number of phenolic OH excluding ortho intramolecular Hbond substituents is 1. The molecule has 0 saturated heterocycles. The highest BCUT2D eigenvalue weighted by molar-refractivity contribution is 5.39.